The number of hydrogen-bond acceptors (Lipinski definition) is 1. The average Bonchev–Trinajstić information content (AvgIpc) is 2.59. The summed E-state index contributed by atoms with van der Waals surface area (Å²) in [5, 5.41) is 8.49. The van der Waals surface area contributed by atoms with Crippen molar-refractivity contribution < 1.29 is 9.90 Å². The number of unbranched alkanes of at least 4 members (excludes halogenated alkanes) is 14. The summed E-state index contributed by atoms with van der Waals surface area (Å²) in [5.41, 5.74) is 0. The van der Waals surface area contributed by atoms with Gasteiger partial charge in [-0.3, -0.25) is 4.79 Å². The summed E-state index contributed by atoms with van der Waals surface area (Å²) in [4.78, 5) is 10.3. The maximum Gasteiger partial charge on any atom is 0.303 e. The van der Waals surface area contributed by atoms with Crippen LogP contribution in [0, 0.1) is 5.92 Å². The van der Waals surface area contributed by atoms with Gasteiger partial charge < -0.3 is 5.11 Å². The van der Waals surface area contributed by atoms with Gasteiger partial charge in [-0.25, -0.2) is 0 Å². The van der Waals surface area contributed by atoms with Crippen molar-refractivity contribution in [1.82, 2.24) is 0 Å². The molecule has 0 aromatic carbocycles. The molecule has 2 heteroatoms. The van der Waals surface area contributed by atoms with E-state index in [4.69, 9.17) is 5.11 Å². The third-order valence-electron chi connectivity index (χ3n) is 4.88. The summed E-state index contributed by atoms with van der Waals surface area (Å²) in [6, 6.07) is 0. The smallest absolute Gasteiger partial charge is 0.303 e. The lowest BCUT2D eigenvalue weighted by atomic mass is 10.0. The molecule has 0 radical (unpaired) electrons. The summed E-state index contributed by atoms with van der Waals surface area (Å²) >= 11 is 0. The molecule has 0 saturated carbocycles. The standard InChI is InChI=1S/C16H32O2.C8H18/c1-2-3-4-5-6-7-8-9-10-11-12-13-14-15-16(17)18;1-4-5-6-7-8(2)3/h2-15H2,1H3,(H,17,18);8H,4-7H2,1-3H3. The monoisotopic (exact) mass is 370 g/mol. The molecule has 26 heavy (non-hydrogen) atoms. The van der Waals surface area contributed by atoms with Gasteiger partial charge in [0.25, 0.3) is 0 Å². The van der Waals surface area contributed by atoms with Gasteiger partial charge in [-0.2, -0.15) is 0 Å². The van der Waals surface area contributed by atoms with Gasteiger partial charge >= 0.3 is 5.97 Å². The first kappa shape index (κ1) is 27.7. The number of aliphatic carboxylic acids is 1. The Morgan fingerprint density at radius 3 is 1.31 bits per heavy atom. The Hall–Kier alpha value is -0.530. The Bertz CT molecular complexity index is 261. The van der Waals surface area contributed by atoms with E-state index in [2.05, 4.69) is 27.7 Å². The second-order valence-corrected chi connectivity index (χ2v) is 8.28. The van der Waals surface area contributed by atoms with Crippen molar-refractivity contribution in [3.63, 3.8) is 0 Å². The van der Waals surface area contributed by atoms with Crippen molar-refractivity contribution in [2.75, 3.05) is 0 Å². The quantitative estimate of drug-likeness (QED) is 0.245. The van der Waals surface area contributed by atoms with E-state index in [0.29, 0.717) is 6.42 Å². The van der Waals surface area contributed by atoms with E-state index in [-0.39, 0.29) is 0 Å². The summed E-state index contributed by atoms with van der Waals surface area (Å²) in [7, 11) is 0. The summed E-state index contributed by atoms with van der Waals surface area (Å²) < 4.78 is 0. The zero-order valence-electron chi connectivity index (χ0n) is 18.7. The number of carbonyl (C=O) groups is 1. The van der Waals surface area contributed by atoms with Gasteiger partial charge in [0.15, 0.2) is 0 Å². The second kappa shape index (κ2) is 24.5. The molecule has 1 N–H and O–H groups in total. The topological polar surface area (TPSA) is 37.3 Å². The highest BCUT2D eigenvalue weighted by Gasteiger charge is 1.96. The molecule has 0 aromatic rings. The summed E-state index contributed by atoms with van der Waals surface area (Å²) in [6.45, 7) is 9.09. The predicted octanol–water partition coefficient (Wildman–Crippen LogP) is 8.78. The molecule has 0 aliphatic heterocycles. The molecule has 158 valence electrons. The largest absolute Gasteiger partial charge is 0.481 e. The lowest BCUT2D eigenvalue weighted by Crippen LogP contribution is -1.93. The van der Waals surface area contributed by atoms with Crippen molar-refractivity contribution in [3.05, 3.63) is 0 Å². The molecule has 0 aromatic heterocycles. The van der Waals surface area contributed by atoms with Crippen molar-refractivity contribution >= 4 is 5.97 Å². The molecule has 2 nitrogen and oxygen atoms in total. The van der Waals surface area contributed by atoms with E-state index in [1.807, 2.05) is 0 Å². The van der Waals surface area contributed by atoms with Crippen LogP contribution in [0.5, 0.6) is 0 Å². The molecule has 0 unspecified atom stereocenters. The fourth-order valence-electron chi connectivity index (χ4n) is 3.10. The van der Waals surface area contributed by atoms with Crippen molar-refractivity contribution in [2.45, 2.75) is 143 Å². The SMILES string of the molecule is CCCCCC(C)C.CCCCCCCCCCCCCCCC(=O)O. The first-order valence-corrected chi connectivity index (χ1v) is 11.8. The van der Waals surface area contributed by atoms with E-state index in [1.165, 1.54) is 96.3 Å². The lowest BCUT2D eigenvalue weighted by molar-refractivity contribution is -0.137. The number of carboxylic acids is 1. The van der Waals surface area contributed by atoms with Crippen LogP contribution in [0.25, 0.3) is 0 Å². The van der Waals surface area contributed by atoms with Crippen LogP contribution in [0.1, 0.15) is 143 Å². The molecule has 0 saturated heterocycles. The molecular formula is C24H50O2. The third kappa shape index (κ3) is 31.3. The molecule has 0 rings (SSSR count). The minimum Gasteiger partial charge on any atom is -0.481 e. The summed E-state index contributed by atoms with van der Waals surface area (Å²) in [6.07, 6.45) is 22.9. The lowest BCUT2D eigenvalue weighted by Gasteiger charge is -2.02. The van der Waals surface area contributed by atoms with Gasteiger partial charge in [0.2, 0.25) is 0 Å². The van der Waals surface area contributed by atoms with Crippen molar-refractivity contribution in [1.29, 1.82) is 0 Å². The van der Waals surface area contributed by atoms with E-state index in [0.717, 1.165) is 18.8 Å². The first-order valence-electron chi connectivity index (χ1n) is 11.8. The Kier molecular flexibility index (Phi) is 26.1. The van der Waals surface area contributed by atoms with Crippen LogP contribution in [-0.4, -0.2) is 11.1 Å². The van der Waals surface area contributed by atoms with Gasteiger partial charge in [-0.1, -0.05) is 130 Å². The minimum atomic E-state index is -0.655. The molecule has 0 atom stereocenters. The maximum atomic E-state index is 10.3. The average molecular weight is 371 g/mol. The highest BCUT2D eigenvalue weighted by atomic mass is 16.4. The molecule has 0 bridgehead atoms. The van der Waals surface area contributed by atoms with Gasteiger partial charge in [-0.15, -0.1) is 0 Å². The fourth-order valence-corrected chi connectivity index (χ4v) is 3.10. The summed E-state index contributed by atoms with van der Waals surface area (Å²) in [5.74, 6) is 0.250. The third-order valence-corrected chi connectivity index (χ3v) is 4.88. The Morgan fingerprint density at radius 2 is 0.962 bits per heavy atom. The van der Waals surface area contributed by atoms with Crippen LogP contribution >= 0.6 is 0 Å². The molecule has 0 aliphatic carbocycles. The highest BCUT2D eigenvalue weighted by molar-refractivity contribution is 5.66. The van der Waals surface area contributed by atoms with E-state index >= 15 is 0 Å². The second-order valence-electron chi connectivity index (χ2n) is 8.28. The van der Waals surface area contributed by atoms with Crippen molar-refractivity contribution in [3.8, 4) is 0 Å². The van der Waals surface area contributed by atoms with Crippen LogP contribution in [0.4, 0.5) is 0 Å². The highest BCUT2D eigenvalue weighted by Crippen LogP contribution is 2.12. The van der Waals surface area contributed by atoms with Crippen LogP contribution in [0.3, 0.4) is 0 Å². The van der Waals surface area contributed by atoms with Crippen LogP contribution in [0.2, 0.25) is 0 Å². The number of carboxylic acid groups (broad SMARTS) is 1. The zero-order chi connectivity index (χ0) is 19.9. The molecule has 0 spiro atoms. The van der Waals surface area contributed by atoms with Crippen LogP contribution in [-0.2, 0) is 4.79 Å². The van der Waals surface area contributed by atoms with Crippen LogP contribution in [0.15, 0.2) is 0 Å². The molecule has 0 aliphatic rings. The molecule has 0 amide bonds. The Balaban J connectivity index is 0. The zero-order valence-corrected chi connectivity index (χ0v) is 18.7. The fraction of sp³-hybridized carbons (Fsp3) is 0.958. The number of hydrogen-bond donors (Lipinski definition) is 1. The van der Waals surface area contributed by atoms with E-state index < -0.39 is 5.97 Å². The minimum absolute atomic E-state index is 0.345. The van der Waals surface area contributed by atoms with Gasteiger partial charge in [0.1, 0.15) is 0 Å². The van der Waals surface area contributed by atoms with Gasteiger partial charge in [0, 0.05) is 6.42 Å². The van der Waals surface area contributed by atoms with Crippen LogP contribution < -0.4 is 0 Å². The molecule has 0 heterocycles. The molecule has 0 fully saturated rings. The Labute approximate surface area is 165 Å². The first-order chi connectivity index (χ1) is 12.5. The maximum absolute atomic E-state index is 10.3. The van der Waals surface area contributed by atoms with Gasteiger partial charge in [0.05, 0.1) is 0 Å². The van der Waals surface area contributed by atoms with E-state index in [1.54, 1.807) is 0 Å². The van der Waals surface area contributed by atoms with E-state index in [9.17, 15) is 4.79 Å². The normalized spacial score (nSPS) is 10.7. The Morgan fingerprint density at radius 1 is 0.615 bits per heavy atom. The molecular weight excluding hydrogens is 320 g/mol. The number of rotatable bonds is 18. The van der Waals surface area contributed by atoms with Crippen molar-refractivity contribution in [2.24, 2.45) is 5.92 Å². The predicted molar refractivity (Wildman–Crippen MR) is 117 cm³/mol. The van der Waals surface area contributed by atoms with Gasteiger partial charge in [-0.05, 0) is 12.3 Å².